The Morgan fingerprint density at radius 2 is 2.40 bits per heavy atom. The fourth-order valence-corrected chi connectivity index (χ4v) is 2.22. The van der Waals surface area contributed by atoms with Crippen molar-refractivity contribution >= 4 is 0 Å². The molecule has 1 aliphatic rings. The fourth-order valence-electron chi connectivity index (χ4n) is 2.22. The van der Waals surface area contributed by atoms with Crippen LogP contribution in [0.25, 0.3) is 0 Å². The molecule has 1 N–H and O–H groups in total. The lowest BCUT2D eigenvalue weighted by atomic mass is 9.86. The van der Waals surface area contributed by atoms with Crippen LogP contribution in [0.3, 0.4) is 0 Å². The predicted molar refractivity (Wildman–Crippen MR) is 54.8 cm³/mol. The molecule has 1 atom stereocenters. The van der Waals surface area contributed by atoms with Crippen LogP contribution in [0.5, 0.6) is 0 Å². The molecule has 0 aliphatic carbocycles. The van der Waals surface area contributed by atoms with Crippen LogP contribution in [0, 0.1) is 5.82 Å². The first-order valence-corrected chi connectivity index (χ1v) is 5.13. The standard InChI is InChI=1S/C11H15FN2O/c1-14-6-2-4-11(15,8-14)9-3-5-13-7-10(9)12/h3,5,7,15H,2,4,6,8H2,1H3. The van der Waals surface area contributed by atoms with Crippen LogP contribution in [0.15, 0.2) is 18.5 Å². The van der Waals surface area contributed by atoms with Gasteiger partial charge in [0.1, 0.15) is 11.4 Å². The maximum atomic E-state index is 13.5. The molecule has 0 aromatic carbocycles. The van der Waals surface area contributed by atoms with Crippen molar-refractivity contribution in [3.8, 4) is 0 Å². The van der Waals surface area contributed by atoms with E-state index >= 15 is 0 Å². The number of likely N-dealkylation sites (N-methyl/N-ethyl adjacent to an activating group) is 1. The summed E-state index contributed by atoms with van der Waals surface area (Å²) in [5.41, 5.74) is -0.691. The topological polar surface area (TPSA) is 36.4 Å². The van der Waals surface area contributed by atoms with Gasteiger partial charge in [-0.05, 0) is 32.5 Å². The maximum absolute atomic E-state index is 13.5. The number of hydrogen-bond acceptors (Lipinski definition) is 3. The Bertz CT molecular complexity index is 358. The molecule has 1 aliphatic heterocycles. The lowest BCUT2D eigenvalue weighted by Crippen LogP contribution is -2.44. The van der Waals surface area contributed by atoms with Crippen molar-refractivity contribution in [3.63, 3.8) is 0 Å². The minimum absolute atomic E-state index is 0.365. The number of β-amino-alcohol motifs (C(OH)–C–C–N with tert-alkyl or cyclic N) is 1. The molecule has 0 spiro atoms. The molecular formula is C11H15FN2O. The first-order chi connectivity index (χ1) is 7.12. The highest BCUT2D eigenvalue weighted by molar-refractivity contribution is 5.22. The molecule has 2 rings (SSSR count). The van der Waals surface area contributed by atoms with Crippen LogP contribution in [0.1, 0.15) is 18.4 Å². The highest BCUT2D eigenvalue weighted by atomic mass is 19.1. The van der Waals surface area contributed by atoms with E-state index in [1.165, 1.54) is 6.20 Å². The normalized spacial score (nSPS) is 27.9. The number of nitrogens with zero attached hydrogens (tertiary/aromatic N) is 2. The van der Waals surface area contributed by atoms with Crippen molar-refractivity contribution in [2.45, 2.75) is 18.4 Å². The lowest BCUT2D eigenvalue weighted by molar-refractivity contribution is -0.0304. The summed E-state index contributed by atoms with van der Waals surface area (Å²) in [6.45, 7) is 1.43. The number of aliphatic hydroxyl groups is 1. The maximum Gasteiger partial charge on any atom is 0.147 e. The Labute approximate surface area is 88.6 Å². The number of aromatic nitrogens is 1. The van der Waals surface area contributed by atoms with E-state index in [0.29, 0.717) is 18.5 Å². The van der Waals surface area contributed by atoms with E-state index in [2.05, 4.69) is 4.98 Å². The average molecular weight is 210 g/mol. The molecule has 15 heavy (non-hydrogen) atoms. The van der Waals surface area contributed by atoms with Crippen molar-refractivity contribution in [2.24, 2.45) is 0 Å². The molecule has 0 saturated carbocycles. The third kappa shape index (κ3) is 2.01. The molecule has 0 amide bonds. The SMILES string of the molecule is CN1CCCC(O)(c2ccncc2F)C1. The molecular weight excluding hydrogens is 195 g/mol. The number of pyridine rings is 1. The second-order valence-electron chi connectivity index (χ2n) is 4.23. The van der Waals surface area contributed by atoms with E-state index in [9.17, 15) is 9.50 Å². The van der Waals surface area contributed by atoms with Gasteiger partial charge in [-0.2, -0.15) is 0 Å². The van der Waals surface area contributed by atoms with Crippen LogP contribution >= 0.6 is 0 Å². The van der Waals surface area contributed by atoms with Crippen LogP contribution in [0.2, 0.25) is 0 Å². The zero-order valence-electron chi connectivity index (χ0n) is 8.78. The summed E-state index contributed by atoms with van der Waals surface area (Å²) in [5, 5.41) is 10.4. The molecule has 0 bridgehead atoms. The van der Waals surface area contributed by atoms with E-state index < -0.39 is 11.4 Å². The minimum atomic E-state index is -1.06. The molecule has 4 heteroatoms. The highest BCUT2D eigenvalue weighted by Crippen LogP contribution is 2.31. The van der Waals surface area contributed by atoms with Gasteiger partial charge in [0.15, 0.2) is 0 Å². The summed E-state index contributed by atoms with van der Waals surface area (Å²) in [4.78, 5) is 5.71. The Morgan fingerprint density at radius 3 is 3.07 bits per heavy atom. The largest absolute Gasteiger partial charge is 0.384 e. The number of likely N-dealkylation sites (tertiary alicyclic amines) is 1. The number of halogens is 1. The van der Waals surface area contributed by atoms with E-state index in [-0.39, 0.29) is 0 Å². The van der Waals surface area contributed by atoms with Gasteiger partial charge in [-0.1, -0.05) is 0 Å². The Hall–Kier alpha value is -1.00. The molecule has 1 saturated heterocycles. The second kappa shape index (κ2) is 3.87. The van der Waals surface area contributed by atoms with Gasteiger partial charge in [0.2, 0.25) is 0 Å². The van der Waals surface area contributed by atoms with E-state index in [1.54, 1.807) is 6.07 Å². The van der Waals surface area contributed by atoms with Crippen LogP contribution < -0.4 is 0 Å². The third-order valence-corrected chi connectivity index (χ3v) is 2.94. The highest BCUT2D eigenvalue weighted by Gasteiger charge is 2.35. The second-order valence-corrected chi connectivity index (χ2v) is 4.23. The molecule has 1 aromatic rings. The Balaban J connectivity index is 2.32. The molecule has 2 heterocycles. The fraction of sp³-hybridized carbons (Fsp3) is 0.545. The first-order valence-electron chi connectivity index (χ1n) is 5.13. The molecule has 1 fully saturated rings. The number of piperidine rings is 1. The molecule has 1 aromatic heterocycles. The van der Waals surface area contributed by atoms with Crippen molar-refractivity contribution in [2.75, 3.05) is 20.1 Å². The molecule has 1 unspecified atom stereocenters. The monoisotopic (exact) mass is 210 g/mol. The van der Waals surface area contributed by atoms with E-state index in [1.807, 2.05) is 11.9 Å². The zero-order valence-corrected chi connectivity index (χ0v) is 8.78. The van der Waals surface area contributed by atoms with Gasteiger partial charge in [0.05, 0.1) is 6.20 Å². The van der Waals surface area contributed by atoms with Gasteiger partial charge in [0.25, 0.3) is 0 Å². The molecule has 0 radical (unpaired) electrons. The van der Waals surface area contributed by atoms with Gasteiger partial charge in [-0.25, -0.2) is 4.39 Å². The van der Waals surface area contributed by atoms with Crippen molar-refractivity contribution in [3.05, 3.63) is 29.8 Å². The summed E-state index contributed by atoms with van der Waals surface area (Å²) in [6, 6.07) is 1.56. The summed E-state index contributed by atoms with van der Waals surface area (Å²) >= 11 is 0. The Kier molecular flexibility index (Phi) is 2.71. The summed E-state index contributed by atoms with van der Waals surface area (Å²) in [5.74, 6) is -0.421. The van der Waals surface area contributed by atoms with Gasteiger partial charge in [-0.15, -0.1) is 0 Å². The predicted octanol–water partition coefficient (Wildman–Crippen LogP) is 1.13. The summed E-state index contributed by atoms with van der Waals surface area (Å²) in [7, 11) is 1.93. The third-order valence-electron chi connectivity index (χ3n) is 2.94. The molecule has 3 nitrogen and oxygen atoms in total. The Morgan fingerprint density at radius 1 is 1.60 bits per heavy atom. The van der Waals surface area contributed by atoms with Gasteiger partial charge < -0.3 is 10.0 Å². The van der Waals surface area contributed by atoms with E-state index in [0.717, 1.165) is 19.2 Å². The van der Waals surface area contributed by atoms with Crippen LogP contribution in [-0.2, 0) is 5.60 Å². The van der Waals surface area contributed by atoms with Gasteiger partial charge >= 0.3 is 0 Å². The van der Waals surface area contributed by atoms with Crippen molar-refractivity contribution in [1.29, 1.82) is 0 Å². The van der Waals surface area contributed by atoms with Gasteiger partial charge in [-0.3, -0.25) is 4.98 Å². The number of rotatable bonds is 1. The van der Waals surface area contributed by atoms with Crippen LogP contribution in [0.4, 0.5) is 4.39 Å². The summed E-state index contributed by atoms with van der Waals surface area (Å²) < 4.78 is 13.5. The minimum Gasteiger partial charge on any atom is -0.384 e. The zero-order chi connectivity index (χ0) is 10.9. The average Bonchev–Trinajstić information content (AvgIpc) is 2.17. The van der Waals surface area contributed by atoms with Crippen molar-refractivity contribution in [1.82, 2.24) is 9.88 Å². The van der Waals surface area contributed by atoms with E-state index in [4.69, 9.17) is 0 Å². The van der Waals surface area contributed by atoms with Crippen LogP contribution in [-0.4, -0.2) is 35.1 Å². The lowest BCUT2D eigenvalue weighted by Gasteiger charge is -2.37. The van der Waals surface area contributed by atoms with Gasteiger partial charge in [0, 0.05) is 18.3 Å². The first kappa shape index (κ1) is 10.5. The smallest absolute Gasteiger partial charge is 0.147 e. The summed E-state index contributed by atoms with van der Waals surface area (Å²) in [6.07, 6.45) is 4.17. The van der Waals surface area contributed by atoms with Crippen molar-refractivity contribution < 1.29 is 9.50 Å². The number of hydrogen-bond donors (Lipinski definition) is 1. The quantitative estimate of drug-likeness (QED) is 0.755. The molecule has 82 valence electrons.